The molecule has 0 saturated carbocycles. The zero-order chi connectivity index (χ0) is 21.6. The summed E-state index contributed by atoms with van der Waals surface area (Å²) in [5.74, 6) is 1.10. The second kappa shape index (κ2) is 9.93. The van der Waals surface area contributed by atoms with E-state index in [1.54, 1.807) is 0 Å². The van der Waals surface area contributed by atoms with Crippen LogP contribution in [0.1, 0.15) is 47.7 Å². The Labute approximate surface area is 184 Å². The molecule has 31 heavy (non-hydrogen) atoms. The highest BCUT2D eigenvalue weighted by atomic mass is 16.2. The minimum absolute atomic E-state index is 0.0966. The van der Waals surface area contributed by atoms with Crippen LogP contribution in [0.5, 0.6) is 0 Å². The number of piperazine rings is 1. The molecule has 0 atom stereocenters. The highest BCUT2D eigenvalue weighted by Crippen LogP contribution is 2.31. The van der Waals surface area contributed by atoms with Gasteiger partial charge in [-0.05, 0) is 42.4 Å². The van der Waals surface area contributed by atoms with Crippen molar-refractivity contribution < 1.29 is 14.7 Å². The summed E-state index contributed by atoms with van der Waals surface area (Å²) in [6.45, 7) is 6.80. The van der Waals surface area contributed by atoms with E-state index >= 15 is 0 Å². The van der Waals surface area contributed by atoms with Crippen LogP contribution in [0.2, 0.25) is 0 Å². The predicted molar refractivity (Wildman–Crippen MR) is 120 cm³/mol. The zero-order valence-corrected chi connectivity index (χ0v) is 18.5. The van der Waals surface area contributed by atoms with Crippen LogP contribution < -0.4 is 20.1 Å². The summed E-state index contributed by atoms with van der Waals surface area (Å²) in [6.07, 6.45) is 5.39. The fraction of sp³-hybridized carbons (Fsp3) is 0.480. The van der Waals surface area contributed by atoms with Gasteiger partial charge in [-0.15, -0.1) is 0 Å². The first kappa shape index (κ1) is 21.3. The van der Waals surface area contributed by atoms with Crippen LogP contribution >= 0.6 is 0 Å². The van der Waals surface area contributed by atoms with Crippen LogP contribution in [0.25, 0.3) is 0 Å². The van der Waals surface area contributed by atoms with E-state index in [1.165, 1.54) is 21.7 Å². The quantitative estimate of drug-likeness (QED) is 0.698. The summed E-state index contributed by atoms with van der Waals surface area (Å²) < 4.78 is 0. The Morgan fingerprint density at radius 1 is 1.19 bits per heavy atom. The van der Waals surface area contributed by atoms with Crippen molar-refractivity contribution in [2.45, 2.75) is 45.6 Å². The average molecular weight is 420 g/mol. The van der Waals surface area contributed by atoms with Crippen LogP contribution in [-0.2, 0) is 30.6 Å². The molecule has 1 aromatic heterocycles. The molecule has 2 aromatic rings. The second-order valence-electron chi connectivity index (χ2n) is 8.68. The maximum Gasteiger partial charge on any atom is 0.293 e. The van der Waals surface area contributed by atoms with Gasteiger partial charge in [-0.2, -0.15) is 5.26 Å². The summed E-state index contributed by atoms with van der Waals surface area (Å²) in [4.78, 5) is 19.7. The van der Waals surface area contributed by atoms with Gasteiger partial charge in [0.1, 0.15) is 43.5 Å². The van der Waals surface area contributed by atoms with Gasteiger partial charge < -0.3 is 10.2 Å². The van der Waals surface area contributed by atoms with Gasteiger partial charge in [0, 0.05) is 13.0 Å². The molecular formula is C25H33N5O+2. The fourth-order valence-corrected chi connectivity index (χ4v) is 4.91. The van der Waals surface area contributed by atoms with Gasteiger partial charge in [-0.1, -0.05) is 37.3 Å². The molecule has 1 saturated heterocycles. The number of hydrogen-bond donors (Lipinski definition) is 2. The lowest BCUT2D eigenvalue weighted by Crippen LogP contribution is -3.16. The Bertz CT molecular complexity index is 958. The number of H-pyrrole nitrogens is 1. The van der Waals surface area contributed by atoms with Crippen LogP contribution in [0.15, 0.2) is 30.3 Å². The Morgan fingerprint density at radius 2 is 1.94 bits per heavy atom. The van der Waals surface area contributed by atoms with Gasteiger partial charge in [0.15, 0.2) is 6.54 Å². The lowest BCUT2D eigenvalue weighted by atomic mass is 10.0. The average Bonchev–Trinajstić information content (AvgIpc) is 3.29. The van der Waals surface area contributed by atoms with Crippen molar-refractivity contribution in [2.75, 3.05) is 37.6 Å². The Kier molecular flexibility index (Phi) is 6.83. The number of hydrogen-bond acceptors (Lipinski definition) is 3. The molecule has 3 N–H and O–H groups in total. The molecule has 1 aliphatic carbocycles. The third-order valence-electron chi connectivity index (χ3n) is 6.53. The number of rotatable bonds is 7. The van der Waals surface area contributed by atoms with E-state index < -0.39 is 0 Å². The van der Waals surface area contributed by atoms with Crippen LogP contribution in [0.4, 0.5) is 5.82 Å². The molecule has 0 radical (unpaired) electrons. The van der Waals surface area contributed by atoms with Gasteiger partial charge in [0.05, 0.1) is 0 Å². The molecule has 0 spiro atoms. The summed E-state index contributed by atoms with van der Waals surface area (Å²) in [7, 11) is 0. The van der Waals surface area contributed by atoms with E-state index in [1.807, 2.05) is 30.3 Å². The fourth-order valence-electron chi connectivity index (χ4n) is 4.91. The predicted octanol–water partition coefficient (Wildman–Crippen LogP) is 0.835. The lowest BCUT2D eigenvalue weighted by molar-refractivity contribution is -0.892. The second-order valence-corrected chi connectivity index (χ2v) is 8.68. The number of pyridine rings is 1. The smallest absolute Gasteiger partial charge is 0.293 e. The number of amides is 1. The number of fused-ring (bicyclic) bond motifs is 1. The molecule has 1 fully saturated rings. The van der Waals surface area contributed by atoms with E-state index in [2.05, 4.69) is 28.2 Å². The lowest BCUT2D eigenvalue weighted by Gasteiger charge is -2.28. The Hall–Kier alpha value is -2.91. The molecule has 162 valence electrons. The van der Waals surface area contributed by atoms with E-state index in [4.69, 9.17) is 0 Å². The van der Waals surface area contributed by atoms with Crippen molar-refractivity contribution in [3.8, 4) is 6.07 Å². The SMILES string of the molecule is CCCc1[nH+]c(N2CC[NH+](CC(=O)NCc3ccccc3)CC2)c(C#N)c2c1CCC2. The largest absolute Gasteiger partial charge is 0.347 e. The third-order valence-corrected chi connectivity index (χ3v) is 6.53. The van der Waals surface area contributed by atoms with E-state index in [9.17, 15) is 10.1 Å². The molecule has 2 heterocycles. The minimum Gasteiger partial charge on any atom is -0.347 e. The number of carbonyl (C=O) groups is 1. The molecular weight excluding hydrogens is 386 g/mol. The number of aromatic amines is 1. The molecule has 0 bridgehead atoms. The van der Waals surface area contributed by atoms with Crippen molar-refractivity contribution in [3.63, 3.8) is 0 Å². The van der Waals surface area contributed by atoms with E-state index in [0.717, 1.165) is 75.2 Å². The molecule has 0 unspecified atom stereocenters. The number of nitrogens with zero attached hydrogens (tertiary/aromatic N) is 2. The standard InChI is InChI=1S/C25H31N5O/c1-2-7-23-21-11-6-10-20(21)22(16-26)25(28-23)30-14-12-29(13-15-30)18-24(31)27-17-19-8-4-3-5-9-19/h3-5,8-9H,2,6-7,10-15,17-18H2,1H3,(H,27,31)/p+2. The molecule has 1 aromatic carbocycles. The van der Waals surface area contributed by atoms with Crippen molar-refractivity contribution in [1.29, 1.82) is 5.26 Å². The van der Waals surface area contributed by atoms with Crippen LogP contribution in [-0.4, -0.2) is 38.6 Å². The number of carbonyl (C=O) groups excluding carboxylic acids is 1. The van der Waals surface area contributed by atoms with Crippen molar-refractivity contribution >= 4 is 11.7 Å². The van der Waals surface area contributed by atoms with Gasteiger partial charge in [0.25, 0.3) is 11.7 Å². The van der Waals surface area contributed by atoms with E-state index in [0.29, 0.717) is 13.1 Å². The number of nitrogens with one attached hydrogen (secondary N) is 3. The number of anilines is 1. The Morgan fingerprint density at radius 3 is 2.65 bits per heavy atom. The van der Waals surface area contributed by atoms with E-state index in [-0.39, 0.29) is 5.91 Å². The van der Waals surface area contributed by atoms with Gasteiger partial charge in [-0.25, -0.2) is 9.88 Å². The topological polar surface area (TPSA) is 74.7 Å². The molecule has 4 rings (SSSR count). The summed E-state index contributed by atoms with van der Waals surface area (Å²) in [5.41, 5.74) is 5.95. The minimum atomic E-state index is 0.0966. The zero-order valence-electron chi connectivity index (χ0n) is 18.5. The number of nitriles is 1. The number of aromatic nitrogens is 1. The highest BCUT2D eigenvalue weighted by molar-refractivity contribution is 5.76. The summed E-state index contributed by atoms with van der Waals surface area (Å²) in [5, 5.41) is 12.9. The maximum atomic E-state index is 12.4. The first-order chi connectivity index (χ1) is 15.2. The van der Waals surface area contributed by atoms with Gasteiger partial charge in [0.2, 0.25) is 0 Å². The maximum absolute atomic E-state index is 12.4. The van der Waals surface area contributed by atoms with Crippen molar-refractivity contribution in [2.24, 2.45) is 0 Å². The third kappa shape index (κ3) is 4.88. The molecule has 6 heteroatoms. The number of aryl methyl sites for hydroxylation is 1. The molecule has 6 nitrogen and oxygen atoms in total. The number of quaternary nitrogens is 1. The van der Waals surface area contributed by atoms with Crippen LogP contribution in [0, 0.1) is 11.3 Å². The van der Waals surface area contributed by atoms with Crippen LogP contribution in [0.3, 0.4) is 0 Å². The normalized spacial score (nSPS) is 16.1. The van der Waals surface area contributed by atoms with Gasteiger partial charge >= 0.3 is 0 Å². The summed E-state index contributed by atoms with van der Waals surface area (Å²) >= 11 is 0. The summed E-state index contributed by atoms with van der Waals surface area (Å²) in [6, 6.07) is 12.5. The van der Waals surface area contributed by atoms with Gasteiger partial charge in [-0.3, -0.25) is 4.79 Å². The molecule has 1 aliphatic heterocycles. The Balaban J connectivity index is 1.37. The monoisotopic (exact) mass is 419 g/mol. The highest BCUT2D eigenvalue weighted by Gasteiger charge is 2.33. The molecule has 1 amide bonds. The number of benzene rings is 1. The molecule has 2 aliphatic rings. The first-order valence-corrected chi connectivity index (χ1v) is 11.6. The van der Waals surface area contributed by atoms with Crippen molar-refractivity contribution in [1.82, 2.24) is 5.32 Å². The first-order valence-electron chi connectivity index (χ1n) is 11.6. The van der Waals surface area contributed by atoms with Crippen molar-refractivity contribution in [3.05, 3.63) is 58.3 Å².